The standard InChI is InChI=1S/C30H29NO6/c1-30(2,3)21-12-6-18(7-13-21)25-24(26(32)19-10-16-23(36-4)17-11-19)27(33)28(34)31(25)22-14-8-20(9-15-22)29(35)37-5/h6-17,25,32H,1-5H3/b26-24+. The van der Waals surface area contributed by atoms with E-state index < -0.39 is 23.7 Å². The van der Waals surface area contributed by atoms with Crippen molar-refractivity contribution in [3.8, 4) is 5.75 Å². The monoisotopic (exact) mass is 499 g/mol. The van der Waals surface area contributed by atoms with Gasteiger partial charge in [0.25, 0.3) is 11.7 Å². The van der Waals surface area contributed by atoms with Gasteiger partial charge in [0, 0.05) is 11.3 Å². The highest BCUT2D eigenvalue weighted by atomic mass is 16.5. The van der Waals surface area contributed by atoms with Crippen molar-refractivity contribution >= 4 is 29.1 Å². The van der Waals surface area contributed by atoms with E-state index in [0.29, 0.717) is 28.1 Å². The number of Topliss-reactive ketones (excluding diaryl/α,β-unsaturated/α-hetero) is 1. The summed E-state index contributed by atoms with van der Waals surface area (Å²) in [4.78, 5) is 40.0. The molecule has 1 N–H and O–H groups in total. The van der Waals surface area contributed by atoms with Crippen LogP contribution in [-0.2, 0) is 19.7 Å². The second-order valence-corrected chi connectivity index (χ2v) is 9.81. The Labute approximate surface area is 215 Å². The van der Waals surface area contributed by atoms with Gasteiger partial charge in [0.05, 0.1) is 31.4 Å². The summed E-state index contributed by atoms with van der Waals surface area (Å²) >= 11 is 0. The summed E-state index contributed by atoms with van der Waals surface area (Å²) in [6.45, 7) is 6.29. The van der Waals surface area contributed by atoms with E-state index in [2.05, 4.69) is 20.8 Å². The molecule has 3 aromatic rings. The molecule has 1 aliphatic heterocycles. The van der Waals surface area contributed by atoms with Crippen molar-refractivity contribution < 1.29 is 29.0 Å². The van der Waals surface area contributed by atoms with E-state index in [1.165, 1.54) is 31.3 Å². The number of nitrogens with zero attached hydrogens (tertiary/aromatic N) is 1. The van der Waals surface area contributed by atoms with Crippen LogP contribution in [0.5, 0.6) is 5.75 Å². The molecule has 7 heteroatoms. The van der Waals surface area contributed by atoms with Gasteiger partial charge in [-0.2, -0.15) is 0 Å². The van der Waals surface area contributed by atoms with Gasteiger partial charge in [0.2, 0.25) is 0 Å². The Bertz CT molecular complexity index is 1360. The lowest BCUT2D eigenvalue weighted by molar-refractivity contribution is -0.132. The third-order valence-corrected chi connectivity index (χ3v) is 6.47. The quantitative estimate of drug-likeness (QED) is 0.219. The first-order valence-corrected chi connectivity index (χ1v) is 11.8. The normalized spacial score (nSPS) is 17.1. The molecule has 1 aliphatic rings. The van der Waals surface area contributed by atoms with Crippen molar-refractivity contribution in [3.63, 3.8) is 0 Å². The topological polar surface area (TPSA) is 93.1 Å². The van der Waals surface area contributed by atoms with Crippen molar-refractivity contribution in [1.29, 1.82) is 0 Å². The molecule has 1 heterocycles. The molecule has 1 amide bonds. The van der Waals surface area contributed by atoms with Crippen LogP contribution >= 0.6 is 0 Å². The fourth-order valence-corrected chi connectivity index (χ4v) is 4.36. The van der Waals surface area contributed by atoms with E-state index in [0.717, 1.165) is 5.56 Å². The number of ether oxygens (including phenoxy) is 2. The number of carbonyl (C=O) groups excluding carboxylic acids is 3. The minimum Gasteiger partial charge on any atom is -0.507 e. The number of hydrogen-bond acceptors (Lipinski definition) is 6. The lowest BCUT2D eigenvalue weighted by atomic mass is 9.85. The Balaban J connectivity index is 1.88. The minimum atomic E-state index is -0.875. The lowest BCUT2D eigenvalue weighted by Gasteiger charge is -2.26. The average molecular weight is 500 g/mol. The molecule has 0 aromatic heterocycles. The largest absolute Gasteiger partial charge is 0.507 e. The smallest absolute Gasteiger partial charge is 0.337 e. The molecule has 1 atom stereocenters. The molecule has 3 aromatic carbocycles. The highest BCUT2D eigenvalue weighted by Crippen LogP contribution is 2.42. The van der Waals surface area contributed by atoms with Crippen LogP contribution in [-0.4, -0.2) is 37.0 Å². The average Bonchev–Trinajstić information content (AvgIpc) is 3.17. The predicted octanol–water partition coefficient (Wildman–Crippen LogP) is 5.41. The van der Waals surface area contributed by atoms with Crippen molar-refractivity contribution in [3.05, 3.63) is 101 Å². The van der Waals surface area contributed by atoms with E-state index in [9.17, 15) is 19.5 Å². The van der Waals surface area contributed by atoms with Gasteiger partial charge < -0.3 is 14.6 Å². The van der Waals surface area contributed by atoms with Gasteiger partial charge in [-0.25, -0.2) is 4.79 Å². The van der Waals surface area contributed by atoms with Crippen LogP contribution in [0, 0.1) is 0 Å². The Morgan fingerprint density at radius 1 is 0.838 bits per heavy atom. The van der Waals surface area contributed by atoms with E-state index in [-0.39, 0.29) is 16.7 Å². The van der Waals surface area contributed by atoms with Crippen LogP contribution in [0.4, 0.5) is 5.69 Å². The van der Waals surface area contributed by atoms with E-state index in [1.54, 1.807) is 36.4 Å². The number of benzene rings is 3. The number of aliphatic hydroxyl groups is 1. The molecule has 37 heavy (non-hydrogen) atoms. The van der Waals surface area contributed by atoms with Crippen molar-refractivity contribution in [1.82, 2.24) is 0 Å². The Morgan fingerprint density at radius 3 is 1.92 bits per heavy atom. The van der Waals surface area contributed by atoms with Gasteiger partial charge in [-0.15, -0.1) is 0 Å². The minimum absolute atomic E-state index is 0.0179. The molecule has 1 fully saturated rings. The summed E-state index contributed by atoms with van der Waals surface area (Å²) < 4.78 is 9.95. The zero-order chi connectivity index (χ0) is 26.9. The third-order valence-electron chi connectivity index (χ3n) is 6.47. The Morgan fingerprint density at radius 2 is 1.41 bits per heavy atom. The van der Waals surface area contributed by atoms with Gasteiger partial charge in [0.15, 0.2) is 0 Å². The highest BCUT2D eigenvalue weighted by Gasteiger charge is 2.47. The molecule has 0 spiro atoms. The summed E-state index contributed by atoms with van der Waals surface area (Å²) in [6.07, 6.45) is 0. The molecular weight excluding hydrogens is 470 g/mol. The molecule has 7 nitrogen and oxygen atoms in total. The second-order valence-electron chi connectivity index (χ2n) is 9.81. The number of aliphatic hydroxyl groups excluding tert-OH is 1. The van der Waals surface area contributed by atoms with Crippen LogP contribution in [0.2, 0.25) is 0 Å². The molecular formula is C30H29NO6. The van der Waals surface area contributed by atoms with E-state index in [1.807, 2.05) is 24.3 Å². The van der Waals surface area contributed by atoms with Crippen LogP contribution in [0.25, 0.3) is 5.76 Å². The number of amides is 1. The fourth-order valence-electron chi connectivity index (χ4n) is 4.36. The summed E-state index contributed by atoms with van der Waals surface area (Å²) in [6, 6.07) is 19.6. The second kappa shape index (κ2) is 9.93. The maximum absolute atomic E-state index is 13.4. The maximum atomic E-state index is 13.4. The van der Waals surface area contributed by atoms with Gasteiger partial charge >= 0.3 is 5.97 Å². The van der Waals surface area contributed by atoms with Crippen LogP contribution in [0.1, 0.15) is 53.9 Å². The molecule has 1 unspecified atom stereocenters. The number of ketones is 1. The number of methoxy groups -OCH3 is 2. The molecule has 4 rings (SSSR count). The fraction of sp³-hybridized carbons (Fsp3) is 0.233. The molecule has 0 aliphatic carbocycles. The van der Waals surface area contributed by atoms with Crippen molar-refractivity contribution in [2.45, 2.75) is 32.2 Å². The molecule has 0 radical (unpaired) electrons. The van der Waals surface area contributed by atoms with Crippen LogP contribution < -0.4 is 9.64 Å². The number of hydrogen-bond donors (Lipinski definition) is 1. The SMILES string of the molecule is COC(=O)c1ccc(N2C(=O)C(=O)/C(=C(/O)c3ccc(OC)cc3)C2c2ccc(C(C)(C)C)cc2)cc1. The van der Waals surface area contributed by atoms with Crippen LogP contribution in [0.3, 0.4) is 0 Å². The van der Waals surface area contributed by atoms with Gasteiger partial charge in [-0.1, -0.05) is 45.0 Å². The predicted molar refractivity (Wildman–Crippen MR) is 141 cm³/mol. The van der Waals surface area contributed by atoms with Crippen molar-refractivity contribution in [2.24, 2.45) is 0 Å². The first-order chi connectivity index (χ1) is 17.6. The molecule has 0 bridgehead atoms. The van der Waals surface area contributed by atoms with E-state index in [4.69, 9.17) is 9.47 Å². The van der Waals surface area contributed by atoms with E-state index >= 15 is 0 Å². The summed E-state index contributed by atoms with van der Waals surface area (Å²) in [5.41, 5.74) is 2.75. The molecule has 1 saturated heterocycles. The zero-order valence-corrected chi connectivity index (χ0v) is 21.4. The van der Waals surface area contributed by atoms with Gasteiger partial charge in [-0.3, -0.25) is 14.5 Å². The molecule has 190 valence electrons. The molecule has 0 saturated carbocycles. The number of carbonyl (C=O) groups is 3. The maximum Gasteiger partial charge on any atom is 0.337 e. The summed E-state index contributed by atoms with van der Waals surface area (Å²) in [5.74, 6) is -1.76. The van der Waals surface area contributed by atoms with Gasteiger partial charge in [-0.05, 0) is 65.1 Å². The van der Waals surface area contributed by atoms with Crippen LogP contribution in [0.15, 0.2) is 78.4 Å². The highest BCUT2D eigenvalue weighted by molar-refractivity contribution is 6.51. The zero-order valence-electron chi connectivity index (χ0n) is 21.4. The van der Waals surface area contributed by atoms with Crippen molar-refractivity contribution in [2.75, 3.05) is 19.1 Å². The third kappa shape index (κ3) is 4.85. The lowest BCUT2D eigenvalue weighted by Crippen LogP contribution is -2.29. The summed E-state index contributed by atoms with van der Waals surface area (Å²) in [7, 11) is 2.82. The Hall–Kier alpha value is -4.39. The number of rotatable bonds is 5. The first kappa shape index (κ1) is 25.7. The number of esters is 1. The first-order valence-electron chi connectivity index (χ1n) is 11.8. The number of anilines is 1. The Kier molecular flexibility index (Phi) is 6.90. The summed E-state index contributed by atoms with van der Waals surface area (Å²) in [5, 5.41) is 11.3. The van der Waals surface area contributed by atoms with Gasteiger partial charge in [0.1, 0.15) is 11.5 Å².